The predicted octanol–water partition coefficient (Wildman–Crippen LogP) is 1.39. The van der Waals surface area contributed by atoms with Crippen LogP contribution in [0.3, 0.4) is 0 Å². The molecule has 1 N–H and O–H groups in total. The van der Waals surface area contributed by atoms with Gasteiger partial charge in [0.25, 0.3) is 0 Å². The summed E-state index contributed by atoms with van der Waals surface area (Å²) < 4.78 is 1.31. The van der Waals surface area contributed by atoms with Crippen LogP contribution in [-0.2, 0) is 6.54 Å². The molecule has 0 unspecified atom stereocenters. The van der Waals surface area contributed by atoms with Crippen LogP contribution >= 0.6 is 11.3 Å². The maximum Gasteiger partial charge on any atom is 0.108 e. The molecular weight excluding hydrogens is 268 g/mol. The van der Waals surface area contributed by atoms with Crippen LogP contribution < -0.4 is 5.32 Å². The summed E-state index contributed by atoms with van der Waals surface area (Å²) in [5, 5.41) is 4.62. The molecule has 5 heteroatoms. The standard InChI is InChI=1S/C15H20N4S/c1-2-4-14-13(3-1)17-15(20-14)11-18-5-7-19(8-6-18)12-9-16-10-12/h1-4,12,16H,5-11H2. The molecule has 2 aliphatic rings. The van der Waals surface area contributed by atoms with E-state index in [0.717, 1.165) is 18.1 Å². The third-order valence-electron chi connectivity index (χ3n) is 4.38. The largest absolute Gasteiger partial charge is 0.314 e. The Bertz CT molecular complexity index is 551. The third kappa shape index (κ3) is 2.46. The molecule has 4 nitrogen and oxygen atoms in total. The van der Waals surface area contributed by atoms with Crippen molar-refractivity contribution in [1.82, 2.24) is 20.1 Å². The van der Waals surface area contributed by atoms with Gasteiger partial charge in [0.1, 0.15) is 5.01 Å². The van der Waals surface area contributed by atoms with Crippen molar-refractivity contribution in [2.75, 3.05) is 39.3 Å². The Labute approximate surface area is 123 Å². The normalized spacial score (nSPS) is 22.2. The Kier molecular flexibility index (Phi) is 3.44. The van der Waals surface area contributed by atoms with Crippen LogP contribution in [0.4, 0.5) is 0 Å². The smallest absolute Gasteiger partial charge is 0.108 e. The second-order valence-corrected chi connectivity index (χ2v) is 6.81. The SMILES string of the molecule is c1ccc2sc(CN3CCN(C4CNC4)CC3)nc2c1. The van der Waals surface area contributed by atoms with Crippen LogP contribution in [0, 0.1) is 0 Å². The highest BCUT2D eigenvalue weighted by atomic mass is 32.1. The summed E-state index contributed by atoms with van der Waals surface area (Å²) in [7, 11) is 0. The minimum absolute atomic E-state index is 0.791. The fraction of sp³-hybridized carbons (Fsp3) is 0.533. The summed E-state index contributed by atoms with van der Waals surface area (Å²) in [6, 6.07) is 9.22. The van der Waals surface area contributed by atoms with Crippen LogP contribution in [0.1, 0.15) is 5.01 Å². The van der Waals surface area contributed by atoms with E-state index in [0.29, 0.717) is 0 Å². The quantitative estimate of drug-likeness (QED) is 0.925. The van der Waals surface area contributed by atoms with E-state index >= 15 is 0 Å². The zero-order chi connectivity index (χ0) is 13.4. The number of para-hydroxylation sites is 1. The van der Waals surface area contributed by atoms with Gasteiger partial charge in [-0.05, 0) is 12.1 Å². The molecule has 3 heterocycles. The lowest BCUT2D eigenvalue weighted by Gasteiger charge is -2.43. The predicted molar refractivity (Wildman–Crippen MR) is 83.1 cm³/mol. The van der Waals surface area contributed by atoms with E-state index in [-0.39, 0.29) is 0 Å². The van der Waals surface area contributed by atoms with Gasteiger partial charge in [-0.25, -0.2) is 4.98 Å². The topological polar surface area (TPSA) is 31.4 Å². The highest BCUT2D eigenvalue weighted by Crippen LogP contribution is 2.23. The molecule has 1 aromatic heterocycles. The zero-order valence-electron chi connectivity index (χ0n) is 11.6. The monoisotopic (exact) mass is 288 g/mol. The van der Waals surface area contributed by atoms with Crippen LogP contribution in [0.15, 0.2) is 24.3 Å². The summed E-state index contributed by atoms with van der Waals surface area (Å²) in [5.41, 5.74) is 1.15. The third-order valence-corrected chi connectivity index (χ3v) is 5.40. The van der Waals surface area contributed by atoms with Gasteiger partial charge in [-0.2, -0.15) is 0 Å². The van der Waals surface area contributed by atoms with Gasteiger partial charge in [-0.3, -0.25) is 9.80 Å². The summed E-state index contributed by atoms with van der Waals surface area (Å²) >= 11 is 1.84. The number of benzene rings is 1. The first-order valence-corrected chi connectivity index (χ1v) is 8.22. The van der Waals surface area contributed by atoms with Crippen molar-refractivity contribution in [3.63, 3.8) is 0 Å². The number of fused-ring (bicyclic) bond motifs is 1. The van der Waals surface area contributed by atoms with Crippen molar-refractivity contribution in [1.29, 1.82) is 0 Å². The number of hydrogen-bond donors (Lipinski definition) is 1. The highest BCUT2D eigenvalue weighted by molar-refractivity contribution is 7.18. The molecule has 2 aliphatic heterocycles. The van der Waals surface area contributed by atoms with Gasteiger partial charge < -0.3 is 5.32 Å². The summed E-state index contributed by atoms with van der Waals surface area (Å²) in [4.78, 5) is 9.91. The van der Waals surface area contributed by atoms with Crippen molar-refractivity contribution < 1.29 is 0 Å². The van der Waals surface area contributed by atoms with Gasteiger partial charge in [0.05, 0.1) is 16.8 Å². The van der Waals surface area contributed by atoms with E-state index in [1.54, 1.807) is 0 Å². The number of nitrogens with one attached hydrogen (secondary N) is 1. The van der Waals surface area contributed by atoms with Crippen molar-refractivity contribution in [2.24, 2.45) is 0 Å². The molecule has 1 aromatic carbocycles. The van der Waals surface area contributed by atoms with Crippen molar-refractivity contribution in [2.45, 2.75) is 12.6 Å². The average molecular weight is 288 g/mol. The first kappa shape index (κ1) is 12.7. The number of hydrogen-bond acceptors (Lipinski definition) is 5. The highest BCUT2D eigenvalue weighted by Gasteiger charge is 2.27. The molecule has 0 aliphatic carbocycles. The van der Waals surface area contributed by atoms with E-state index in [9.17, 15) is 0 Å². The molecule has 2 saturated heterocycles. The maximum atomic E-state index is 4.74. The van der Waals surface area contributed by atoms with E-state index in [4.69, 9.17) is 4.98 Å². The van der Waals surface area contributed by atoms with Gasteiger partial charge in [0.15, 0.2) is 0 Å². The zero-order valence-corrected chi connectivity index (χ0v) is 12.4. The van der Waals surface area contributed by atoms with Crippen LogP contribution in [0.25, 0.3) is 10.2 Å². The molecule has 20 heavy (non-hydrogen) atoms. The van der Waals surface area contributed by atoms with Crippen LogP contribution in [0.2, 0.25) is 0 Å². The van der Waals surface area contributed by atoms with E-state index in [1.165, 1.54) is 49.0 Å². The van der Waals surface area contributed by atoms with E-state index in [1.807, 2.05) is 11.3 Å². The Hall–Kier alpha value is -1.01. The van der Waals surface area contributed by atoms with E-state index < -0.39 is 0 Å². The summed E-state index contributed by atoms with van der Waals surface area (Å²) in [6.07, 6.45) is 0. The first-order valence-electron chi connectivity index (χ1n) is 7.40. The number of nitrogens with zero attached hydrogens (tertiary/aromatic N) is 3. The molecule has 2 aromatic rings. The Morgan fingerprint density at radius 3 is 2.65 bits per heavy atom. The molecular formula is C15H20N4S. The molecule has 2 fully saturated rings. The molecule has 0 bridgehead atoms. The van der Waals surface area contributed by atoms with Gasteiger partial charge in [0.2, 0.25) is 0 Å². The van der Waals surface area contributed by atoms with Crippen molar-refractivity contribution >= 4 is 21.6 Å². The van der Waals surface area contributed by atoms with Gasteiger partial charge in [-0.15, -0.1) is 11.3 Å². The van der Waals surface area contributed by atoms with Crippen LogP contribution in [0.5, 0.6) is 0 Å². The lowest BCUT2D eigenvalue weighted by Crippen LogP contribution is -2.61. The van der Waals surface area contributed by atoms with Gasteiger partial charge in [0, 0.05) is 45.3 Å². The van der Waals surface area contributed by atoms with E-state index in [2.05, 4.69) is 39.4 Å². The molecule has 0 amide bonds. The molecule has 0 spiro atoms. The maximum absolute atomic E-state index is 4.74. The minimum atomic E-state index is 0.791. The number of piperazine rings is 1. The molecule has 106 valence electrons. The van der Waals surface area contributed by atoms with Crippen LogP contribution in [-0.4, -0.2) is 60.1 Å². The average Bonchev–Trinajstić information content (AvgIpc) is 2.81. The minimum Gasteiger partial charge on any atom is -0.314 e. The first-order chi connectivity index (χ1) is 9.88. The summed E-state index contributed by atoms with van der Waals surface area (Å²) in [6.45, 7) is 8.12. The van der Waals surface area contributed by atoms with Crippen molar-refractivity contribution in [3.8, 4) is 0 Å². The Morgan fingerprint density at radius 2 is 1.95 bits per heavy atom. The Balaban J connectivity index is 1.37. The van der Waals surface area contributed by atoms with Gasteiger partial charge in [-0.1, -0.05) is 12.1 Å². The fourth-order valence-corrected chi connectivity index (χ4v) is 4.01. The number of thiazole rings is 1. The lowest BCUT2D eigenvalue weighted by molar-refractivity contribution is 0.0695. The molecule has 0 atom stereocenters. The fourth-order valence-electron chi connectivity index (χ4n) is 3.00. The molecule has 0 radical (unpaired) electrons. The molecule has 4 rings (SSSR count). The number of aromatic nitrogens is 1. The second-order valence-electron chi connectivity index (χ2n) is 5.70. The van der Waals surface area contributed by atoms with Crippen molar-refractivity contribution in [3.05, 3.63) is 29.3 Å². The second kappa shape index (κ2) is 5.41. The Morgan fingerprint density at radius 1 is 1.15 bits per heavy atom. The number of rotatable bonds is 3. The lowest BCUT2D eigenvalue weighted by atomic mass is 10.1. The summed E-state index contributed by atoms with van der Waals surface area (Å²) in [5.74, 6) is 0. The van der Waals surface area contributed by atoms with Gasteiger partial charge >= 0.3 is 0 Å². The molecule has 0 saturated carbocycles.